The number of carbonyl (C=O) groups is 1. The van der Waals surface area contributed by atoms with E-state index in [1.165, 1.54) is 29.3 Å². The first-order chi connectivity index (χ1) is 29.2. The van der Waals surface area contributed by atoms with Crippen molar-refractivity contribution >= 4 is 39.1 Å². The van der Waals surface area contributed by atoms with E-state index in [4.69, 9.17) is 19.5 Å². The van der Waals surface area contributed by atoms with E-state index in [0.717, 1.165) is 56.0 Å². The number of imidazole rings is 1. The fourth-order valence-electron chi connectivity index (χ4n) is 7.48. The Morgan fingerprint density at radius 1 is 0.806 bits per heavy atom. The monoisotopic (exact) mass is 1000 g/mol. The summed E-state index contributed by atoms with van der Waals surface area (Å²) >= 11 is 0. The van der Waals surface area contributed by atoms with Gasteiger partial charge < -0.3 is 19.1 Å². The summed E-state index contributed by atoms with van der Waals surface area (Å²) in [4.78, 5) is 29.0. The van der Waals surface area contributed by atoms with E-state index < -0.39 is 11.8 Å². The number of furan rings is 1. The normalized spacial score (nSPS) is 11.6. The fourth-order valence-corrected chi connectivity index (χ4v) is 7.48. The smallest absolute Gasteiger partial charge is 0.292 e. The molecule has 0 fully saturated rings. The zero-order valence-electron chi connectivity index (χ0n) is 35.2. The van der Waals surface area contributed by atoms with Gasteiger partial charge in [0, 0.05) is 43.2 Å². The van der Waals surface area contributed by atoms with E-state index in [2.05, 4.69) is 99.4 Å². The van der Waals surface area contributed by atoms with Crippen LogP contribution in [-0.2, 0) is 25.5 Å². The van der Waals surface area contributed by atoms with E-state index >= 15 is 0 Å². The Labute approximate surface area is 372 Å². The molecule has 315 valence electrons. The molecule has 62 heavy (non-hydrogen) atoms. The van der Waals surface area contributed by atoms with Gasteiger partial charge in [0.15, 0.2) is 5.65 Å². The van der Waals surface area contributed by atoms with E-state index in [9.17, 15) is 13.6 Å². The number of carboxylic acids is 1. The number of hydrogen-bond donors (Lipinski definition) is 1. The Balaban J connectivity index is 0.000000233. The summed E-state index contributed by atoms with van der Waals surface area (Å²) in [5, 5.41) is 10.8. The molecular formula is C51H43F2IrN5O3-2. The minimum Gasteiger partial charge on any atom is -0.501 e. The van der Waals surface area contributed by atoms with E-state index in [-0.39, 0.29) is 54.3 Å². The number of aromatic carboxylic acids is 1. The van der Waals surface area contributed by atoms with Crippen molar-refractivity contribution in [1.29, 1.82) is 0 Å². The average Bonchev–Trinajstić information content (AvgIpc) is 3.82. The van der Waals surface area contributed by atoms with Gasteiger partial charge in [-0.3, -0.25) is 14.2 Å². The molecule has 0 saturated carbocycles. The Morgan fingerprint density at radius 3 is 2.15 bits per heavy atom. The summed E-state index contributed by atoms with van der Waals surface area (Å²) in [5.41, 5.74) is 10.6. The van der Waals surface area contributed by atoms with Crippen LogP contribution in [0.4, 0.5) is 8.78 Å². The summed E-state index contributed by atoms with van der Waals surface area (Å²) in [5.74, 6) is -0.799. The van der Waals surface area contributed by atoms with Gasteiger partial charge in [0.2, 0.25) is 0 Å². The predicted octanol–water partition coefficient (Wildman–Crippen LogP) is 12.9. The number of hydrogen-bond acceptors (Lipinski definition) is 6. The summed E-state index contributed by atoms with van der Waals surface area (Å²) in [6, 6.07) is 35.0. The van der Waals surface area contributed by atoms with Crippen molar-refractivity contribution < 1.29 is 43.2 Å². The van der Waals surface area contributed by atoms with Crippen LogP contribution < -0.4 is 0 Å². The quantitative estimate of drug-likeness (QED) is 0.158. The second kappa shape index (κ2) is 17.5. The number of pyridine rings is 1. The van der Waals surface area contributed by atoms with Gasteiger partial charge in [-0.05, 0) is 74.5 Å². The van der Waals surface area contributed by atoms with Crippen LogP contribution in [0, 0.1) is 23.8 Å². The number of nitrogens with zero attached hydrogens (tertiary/aromatic N) is 5. The molecule has 9 aromatic rings. The Morgan fingerprint density at radius 2 is 1.52 bits per heavy atom. The van der Waals surface area contributed by atoms with Crippen molar-refractivity contribution in [2.75, 3.05) is 0 Å². The maximum absolute atomic E-state index is 13.9. The molecule has 0 unspecified atom stereocenters. The number of para-hydroxylation sites is 1. The van der Waals surface area contributed by atoms with E-state index in [0.29, 0.717) is 22.6 Å². The molecule has 0 aliphatic rings. The molecule has 11 heteroatoms. The fraction of sp³-hybridized carbons (Fsp3) is 0.196. The molecule has 4 aromatic heterocycles. The van der Waals surface area contributed by atoms with Crippen LogP contribution in [-0.4, -0.2) is 35.6 Å². The van der Waals surface area contributed by atoms with Crippen LogP contribution in [0.5, 0.6) is 0 Å². The first kappa shape index (κ1) is 43.7. The molecule has 0 aliphatic carbocycles. The molecule has 0 saturated heterocycles. The van der Waals surface area contributed by atoms with Gasteiger partial charge in [-0.15, -0.1) is 30.3 Å². The van der Waals surface area contributed by atoms with Gasteiger partial charge >= 0.3 is 0 Å². The first-order valence-corrected chi connectivity index (χ1v) is 20.1. The van der Waals surface area contributed by atoms with Crippen molar-refractivity contribution in [2.24, 2.45) is 0 Å². The molecular weight excluding hydrogens is 961 g/mol. The van der Waals surface area contributed by atoms with Gasteiger partial charge in [-0.2, -0.15) is 0 Å². The van der Waals surface area contributed by atoms with Crippen LogP contribution in [0.25, 0.3) is 72.6 Å². The van der Waals surface area contributed by atoms with Gasteiger partial charge in [-0.1, -0.05) is 126 Å². The molecule has 9 rings (SSSR count). The Hall–Kier alpha value is -6.42. The molecule has 5 aromatic carbocycles. The Bertz CT molecular complexity index is 3050. The van der Waals surface area contributed by atoms with Crippen LogP contribution in [0.1, 0.15) is 87.4 Å². The number of halogens is 2. The van der Waals surface area contributed by atoms with Crippen LogP contribution in [0.3, 0.4) is 0 Å². The number of rotatable bonds is 7. The second-order valence-corrected chi connectivity index (χ2v) is 16.6. The summed E-state index contributed by atoms with van der Waals surface area (Å²) in [7, 11) is 0. The number of benzene rings is 5. The molecule has 0 aliphatic heterocycles. The third-order valence-corrected chi connectivity index (χ3v) is 10.7. The molecule has 1 N–H and O–H groups in total. The van der Waals surface area contributed by atoms with Crippen molar-refractivity contribution in [3.05, 3.63) is 162 Å². The second-order valence-electron chi connectivity index (χ2n) is 16.6. The SMILES string of the molecule is CC(C)(C)c1ccc(-c2[c-]cc(C(=O)O)cc2F)nc1.CC(C)c1cccc(C(C)C)c1-n1c(-c2[c-]ccc3c2oc2cc(-c4ccc(F)cc4)ccc23)nc2cncnc21.[Ir]. The molecule has 0 bridgehead atoms. The van der Waals surface area contributed by atoms with Crippen LogP contribution in [0.2, 0.25) is 0 Å². The maximum atomic E-state index is 13.9. The third kappa shape index (κ3) is 8.43. The zero-order chi connectivity index (χ0) is 43.2. The maximum Gasteiger partial charge on any atom is 0.292 e. The first-order valence-electron chi connectivity index (χ1n) is 20.1. The number of carboxylic acid groups (broad SMARTS) is 1. The Kier molecular flexibility index (Phi) is 12.3. The summed E-state index contributed by atoms with van der Waals surface area (Å²) in [6.07, 6.45) is 5.02. The van der Waals surface area contributed by atoms with Crippen LogP contribution >= 0.6 is 0 Å². The van der Waals surface area contributed by atoms with E-state index in [1.807, 2.05) is 30.3 Å². The van der Waals surface area contributed by atoms with Gasteiger partial charge in [0.05, 0.1) is 17.6 Å². The topological polar surface area (TPSA) is 107 Å². The van der Waals surface area contributed by atoms with Crippen LogP contribution in [0.15, 0.2) is 120 Å². The third-order valence-electron chi connectivity index (χ3n) is 10.7. The molecule has 8 nitrogen and oxygen atoms in total. The number of fused-ring (bicyclic) bond motifs is 4. The van der Waals surface area contributed by atoms with E-state index in [1.54, 1.807) is 36.9 Å². The van der Waals surface area contributed by atoms with Gasteiger partial charge in [-0.25, -0.2) is 14.4 Å². The molecule has 1 radical (unpaired) electrons. The summed E-state index contributed by atoms with van der Waals surface area (Å²) in [6.45, 7) is 15.0. The molecule has 0 spiro atoms. The van der Waals surface area contributed by atoms with Gasteiger partial charge in [0.25, 0.3) is 5.97 Å². The molecule has 0 atom stereocenters. The van der Waals surface area contributed by atoms with Gasteiger partial charge in [0.1, 0.15) is 23.2 Å². The molecule has 0 amide bonds. The largest absolute Gasteiger partial charge is 0.501 e. The average molecular weight is 1000 g/mol. The minimum absolute atomic E-state index is 0. The van der Waals surface area contributed by atoms with Crippen molar-refractivity contribution in [2.45, 2.75) is 65.7 Å². The zero-order valence-corrected chi connectivity index (χ0v) is 37.6. The minimum atomic E-state index is -1.18. The van der Waals surface area contributed by atoms with Crippen molar-refractivity contribution in [3.8, 4) is 39.5 Å². The predicted molar refractivity (Wildman–Crippen MR) is 236 cm³/mol. The molecule has 4 heterocycles. The summed E-state index contributed by atoms with van der Waals surface area (Å²) < 4.78 is 36.2. The van der Waals surface area contributed by atoms with Crippen molar-refractivity contribution in [3.63, 3.8) is 0 Å². The number of aromatic nitrogens is 5. The standard InChI is InChI=1S/C35H28FN4O.C16H15FNO2.Ir/c1-20(2)25-7-5-8-26(21(3)4)32(25)40-34(39-30-18-37-19-38-35(30)40)29-10-6-9-28-27-16-13-23(17-31(27)41-33(28)29)22-11-14-24(36)15-12-22;1-16(2,3)11-5-7-14(18-9-11)12-6-4-10(15(19)20)8-13(12)17;/h5-9,11-21H,1-4H3;4-5,7-9H,1-3H3,(H,19,20);/q2*-1;. The van der Waals surface area contributed by atoms with Crippen molar-refractivity contribution in [1.82, 2.24) is 24.5 Å².